The van der Waals surface area contributed by atoms with Crippen LogP contribution in [0.25, 0.3) is 5.52 Å². The largest absolute Gasteiger partial charge is 0.478 e. The molecule has 5 rings (SSSR count). The number of carbonyl (C=O) groups excluding carboxylic acids is 1. The van der Waals surface area contributed by atoms with E-state index in [2.05, 4.69) is 20.1 Å². The molecule has 1 N–H and O–H groups in total. The molecule has 1 unspecified atom stereocenters. The highest BCUT2D eigenvalue weighted by atomic mass is 19.3. The van der Waals surface area contributed by atoms with Gasteiger partial charge in [0.15, 0.2) is 12.1 Å². The summed E-state index contributed by atoms with van der Waals surface area (Å²) >= 11 is 0. The molecule has 4 aromatic rings. The van der Waals surface area contributed by atoms with Crippen molar-refractivity contribution in [2.45, 2.75) is 25.8 Å². The average Bonchev–Trinajstić information content (AvgIpc) is 3.51. The maximum atomic E-state index is 13.3. The number of carbonyl (C=O) groups is 1. The maximum Gasteiger partial charge on any atom is 0.292 e. The zero-order chi connectivity index (χ0) is 21.5. The van der Waals surface area contributed by atoms with E-state index in [0.29, 0.717) is 30.3 Å². The number of hydrogen-bond donors (Lipinski definition) is 1. The van der Waals surface area contributed by atoms with Crippen molar-refractivity contribution in [2.24, 2.45) is 0 Å². The molecule has 0 aliphatic carbocycles. The first-order chi connectivity index (χ1) is 15.1. The molecule has 0 saturated carbocycles. The predicted octanol–water partition coefficient (Wildman–Crippen LogP) is 3.17. The molecule has 9 nitrogen and oxygen atoms in total. The molecule has 0 saturated heterocycles. The van der Waals surface area contributed by atoms with Crippen LogP contribution in [0.5, 0.6) is 5.88 Å². The highest BCUT2D eigenvalue weighted by Crippen LogP contribution is 2.35. The van der Waals surface area contributed by atoms with Crippen molar-refractivity contribution in [3.8, 4) is 5.88 Å². The first-order valence-electron chi connectivity index (χ1n) is 9.74. The maximum absolute atomic E-state index is 13.3. The van der Waals surface area contributed by atoms with Crippen LogP contribution >= 0.6 is 0 Å². The number of halogens is 2. The van der Waals surface area contributed by atoms with Gasteiger partial charge in [-0.1, -0.05) is 6.07 Å². The Bertz CT molecular complexity index is 1250. The van der Waals surface area contributed by atoms with Crippen LogP contribution in [-0.2, 0) is 6.42 Å². The average molecular weight is 428 g/mol. The van der Waals surface area contributed by atoms with E-state index in [1.807, 2.05) is 25.1 Å². The zero-order valence-corrected chi connectivity index (χ0v) is 16.5. The van der Waals surface area contributed by atoms with Crippen LogP contribution in [0.15, 0.2) is 41.4 Å². The SMILES string of the molecule is CCOc1cccc2cc(C3c4nc[nH]c4CCN3C(=O)c3ocnc3C(F)F)nn12. The number of nitrogens with zero attached hydrogens (tertiary/aromatic N) is 5. The summed E-state index contributed by atoms with van der Waals surface area (Å²) in [4.78, 5) is 25.7. The van der Waals surface area contributed by atoms with E-state index in [1.165, 1.54) is 4.90 Å². The Morgan fingerprint density at radius 2 is 2.26 bits per heavy atom. The number of amides is 1. The lowest BCUT2D eigenvalue weighted by atomic mass is 9.99. The highest BCUT2D eigenvalue weighted by molar-refractivity contribution is 5.93. The molecule has 5 heterocycles. The van der Waals surface area contributed by atoms with Gasteiger partial charge >= 0.3 is 0 Å². The van der Waals surface area contributed by atoms with E-state index in [4.69, 9.17) is 9.15 Å². The summed E-state index contributed by atoms with van der Waals surface area (Å²) in [5, 5.41) is 4.65. The number of H-pyrrole nitrogens is 1. The standard InChI is InChI=1S/C20H18F2N6O3/c1-2-30-14-5-3-4-11-8-13(26-28(11)14)17-15-12(23-9-24-15)6-7-27(17)20(29)18-16(19(21)22)25-10-31-18/h3-5,8-10,17,19H,2,6-7H2,1H3,(H,23,24). The lowest BCUT2D eigenvalue weighted by Gasteiger charge is -2.33. The first kappa shape index (κ1) is 19.2. The van der Waals surface area contributed by atoms with Crippen LogP contribution in [0, 0.1) is 0 Å². The second-order valence-corrected chi connectivity index (χ2v) is 6.99. The quantitative estimate of drug-likeness (QED) is 0.524. The van der Waals surface area contributed by atoms with Gasteiger partial charge < -0.3 is 19.0 Å². The molecule has 0 radical (unpaired) electrons. The van der Waals surface area contributed by atoms with Gasteiger partial charge in [-0.15, -0.1) is 0 Å². The van der Waals surface area contributed by atoms with Crippen molar-refractivity contribution in [1.82, 2.24) is 29.5 Å². The van der Waals surface area contributed by atoms with Gasteiger partial charge in [0.25, 0.3) is 12.3 Å². The van der Waals surface area contributed by atoms with Gasteiger partial charge in [0.1, 0.15) is 6.04 Å². The van der Waals surface area contributed by atoms with Crippen molar-refractivity contribution in [1.29, 1.82) is 0 Å². The lowest BCUT2D eigenvalue weighted by Crippen LogP contribution is -2.41. The van der Waals surface area contributed by atoms with Crippen LogP contribution in [0.4, 0.5) is 8.78 Å². The monoisotopic (exact) mass is 428 g/mol. The Morgan fingerprint density at radius 1 is 1.39 bits per heavy atom. The Balaban J connectivity index is 1.62. The molecule has 1 aliphatic rings. The van der Waals surface area contributed by atoms with Crippen LogP contribution in [0.1, 0.15) is 52.7 Å². The van der Waals surface area contributed by atoms with E-state index in [9.17, 15) is 13.6 Å². The number of fused-ring (bicyclic) bond motifs is 2. The third-order valence-corrected chi connectivity index (χ3v) is 5.22. The Kier molecular flexibility index (Phi) is 4.64. The minimum atomic E-state index is -2.93. The molecule has 0 bridgehead atoms. The first-order valence-corrected chi connectivity index (χ1v) is 9.74. The van der Waals surface area contributed by atoms with Gasteiger partial charge in [-0.3, -0.25) is 4.79 Å². The fourth-order valence-electron chi connectivity index (χ4n) is 3.90. The van der Waals surface area contributed by atoms with Gasteiger partial charge in [0, 0.05) is 24.7 Å². The normalized spacial score (nSPS) is 16.1. The van der Waals surface area contributed by atoms with Crippen LogP contribution < -0.4 is 4.74 Å². The van der Waals surface area contributed by atoms with Gasteiger partial charge in [-0.25, -0.2) is 23.3 Å². The molecule has 4 aromatic heterocycles. The summed E-state index contributed by atoms with van der Waals surface area (Å²) in [7, 11) is 0. The van der Waals surface area contributed by atoms with Crippen molar-refractivity contribution in [3.63, 3.8) is 0 Å². The molecule has 0 fully saturated rings. The molecule has 0 spiro atoms. The second-order valence-electron chi connectivity index (χ2n) is 6.99. The Labute approximate surface area is 174 Å². The lowest BCUT2D eigenvalue weighted by molar-refractivity contribution is 0.0639. The van der Waals surface area contributed by atoms with Crippen molar-refractivity contribution in [3.05, 3.63) is 65.5 Å². The van der Waals surface area contributed by atoms with Gasteiger partial charge in [0.05, 0.1) is 29.8 Å². The zero-order valence-electron chi connectivity index (χ0n) is 16.5. The van der Waals surface area contributed by atoms with Crippen LogP contribution in [0.3, 0.4) is 0 Å². The van der Waals surface area contributed by atoms with E-state index < -0.39 is 29.8 Å². The third kappa shape index (κ3) is 3.13. The Morgan fingerprint density at radius 3 is 3.06 bits per heavy atom. The molecule has 31 heavy (non-hydrogen) atoms. The molecule has 0 aromatic carbocycles. The minimum absolute atomic E-state index is 0.272. The van der Waals surface area contributed by atoms with E-state index >= 15 is 0 Å². The number of rotatable bonds is 5. The van der Waals surface area contributed by atoms with Crippen LogP contribution in [0.2, 0.25) is 0 Å². The molecule has 1 amide bonds. The number of hydrogen-bond acceptors (Lipinski definition) is 6. The molecule has 1 atom stereocenters. The number of pyridine rings is 1. The molecule has 11 heteroatoms. The number of nitrogens with one attached hydrogen (secondary N) is 1. The smallest absolute Gasteiger partial charge is 0.292 e. The fraction of sp³-hybridized carbons (Fsp3) is 0.300. The van der Waals surface area contributed by atoms with Gasteiger partial charge in [-0.05, 0) is 19.1 Å². The Hall–Kier alpha value is -3.76. The topological polar surface area (TPSA) is 102 Å². The molecule has 160 valence electrons. The number of oxazole rings is 1. The minimum Gasteiger partial charge on any atom is -0.478 e. The molecular formula is C20H18F2N6O3. The van der Waals surface area contributed by atoms with Crippen molar-refractivity contribution in [2.75, 3.05) is 13.2 Å². The van der Waals surface area contributed by atoms with E-state index in [0.717, 1.165) is 17.6 Å². The van der Waals surface area contributed by atoms with Crippen molar-refractivity contribution >= 4 is 11.4 Å². The summed E-state index contributed by atoms with van der Waals surface area (Å²) in [6, 6.07) is 6.64. The number of alkyl halides is 2. The van der Waals surface area contributed by atoms with Gasteiger partial charge in [-0.2, -0.15) is 5.10 Å². The van der Waals surface area contributed by atoms with Crippen LogP contribution in [-0.4, -0.2) is 48.5 Å². The number of ether oxygens (including phenoxy) is 1. The summed E-state index contributed by atoms with van der Waals surface area (Å²) in [5.74, 6) is -0.608. The summed E-state index contributed by atoms with van der Waals surface area (Å²) in [6.07, 6.45) is -0.0300. The van der Waals surface area contributed by atoms with Gasteiger partial charge in [0.2, 0.25) is 11.6 Å². The predicted molar refractivity (Wildman–Crippen MR) is 103 cm³/mol. The highest BCUT2D eigenvalue weighted by Gasteiger charge is 2.39. The van der Waals surface area contributed by atoms with Crippen molar-refractivity contribution < 1.29 is 22.7 Å². The fourth-order valence-corrected chi connectivity index (χ4v) is 3.90. The third-order valence-electron chi connectivity index (χ3n) is 5.22. The summed E-state index contributed by atoms with van der Waals surface area (Å²) in [6.45, 7) is 2.61. The molecule has 1 aliphatic heterocycles. The number of imidazole rings is 1. The van der Waals surface area contributed by atoms with E-state index in [1.54, 1.807) is 16.9 Å². The summed E-state index contributed by atoms with van der Waals surface area (Å²) < 4.78 is 39.0. The molecular weight excluding hydrogens is 410 g/mol. The number of aromatic nitrogens is 5. The second kappa shape index (κ2) is 7.49. The number of aromatic amines is 1. The van der Waals surface area contributed by atoms with E-state index in [-0.39, 0.29) is 6.54 Å². The summed E-state index contributed by atoms with van der Waals surface area (Å²) in [5.41, 5.74) is 2.10.